The number of rotatable bonds is 9. The fraction of sp³-hybridized carbons (Fsp3) is 0.233. The Kier molecular flexibility index (Phi) is 8.93. The normalized spacial score (nSPS) is 15.6. The summed E-state index contributed by atoms with van der Waals surface area (Å²) in [5, 5.41) is 10.6. The van der Waals surface area contributed by atoms with Gasteiger partial charge in [-0.15, -0.1) is 0 Å². The molecule has 0 unspecified atom stereocenters. The molecular weight excluding hydrogens is 626 g/mol. The summed E-state index contributed by atoms with van der Waals surface area (Å²) in [4.78, 5) is 52.4. The Morgan fingerprint density at radius 1 is 1.07 bits per heavy atom. The smallest absolute Gasteiger partial charge is 0.294 e. The highest BCUT2D eigenvalue weighted by Crippen LogP contribution is 2.38. The van der Waals surface area contributed by atoms with Crippen LogP contribution in [-0.4, -0.2) is 51.5 Å². The number of nitrogens with zero attached hydrogens (tertiary/aromatic N) is 3. The van der Waals surface area contributed by atoms with Crippen molar-refractivity contribution in [1.82, 2.24) is 9.80 Å². The molecule has 10 nitrogen and oxygen atoms in total. The molecule has 3 aromatic rings. The van der Waals surface area contributed by atoms with Gasteiger partial charge >= 0.3 is 0 Å². The Balaban J connectivity index is 1.29. The SMILES string of the molecule is CCOc1cc(/C=C2\SC(=O)N(CC(=O)N3CCc4ccccc4C3)C2=O)c(Br)cc1OCc1cccc([N+](=O)[O-])c1. The van der Waals surface area contributed by atoms with Gasteiger partial charge in [-0.3, -0.25) is 29.4 Å². The monoisotopic (exact) mass is 651 g/mol. The Bertz CT molecular complexity index is 1610. The molecule has 42 heavy (non-hydrogen) atoms. The summed E-state index contributed by atoms with van der Waals surface area (Å²) in [6.07, 6.45) is 2.30. The number of imide groups is 1. The van der Waals surface area contributed by atoms with Gasteiger partial charge in [0.2, 0.25) is 5.91 Å². The minimum Gasteiger partial charge on any atom is -0.490 e. The molecule has 3 amide bonds. The highest BCUT2D eigenvalue weighted by molar-refractivity contribution is 9.10. The maximum absolute atomic E-state index is 13.2. The third-order valence-electron chi connectivity index (χ3n) is 6.82. The van der Waals surface area contributed by atoms with E-state index in [1.54, 1.807) is 35.2 Å². The summed E-state index contributed by atoms with van der Waals surface area (Å²) >= 11 is 4.28. The number of halogens is 1. The zero-order chi connectivity index (χ0) is 29.8. The molecule has 0 N–H and O–H groups in total. The number of hydrogen-bond acceptors (Lipinski definition) is 8. The number of nitro groups is 1. The van der Waals surface area contributed by atoms with Crippen LogP contribution in [0.2, 0.25) is 0 Å². The molecule has 216 valence electrons. The summed E-state index contributed by atoms with van der Waals surface area (Å²) < 4.78 is 12.3. The standard InChI is InChI=1S/C30H26BrN3O7S/c1-2-40-25-13-22(24(31)15-26(25)41-18-19-6-5-9-23(12-19)34(38)39)14-27-29(36)33(30(37)42-27)17-28(35)32-11-10-20-7-3-4-8-21(20)16-32/h3-9,12-15H,2,10-11,16-18H2,1H3/b27-14-. The molecule has 0 aliphatic carbocycles. The van der Waals surface area contributed by atoms with Crippen molar-refractivity contribution >= 4 is 56.5 Å². The van der Waals surface area contributed by atoms with Crippen molar-refractivity contribution in [3.8, 4) is 11.5 Å². The molecule has 0 radical (unpaired) electrons. The second-order valence-electron chi connectivity index (χ2n) is 9.57. The lowest BCUT2D eigenvalue weighted by molar-refractivity contribution is -0.384. The molecule has 3 aromatic carbocycles. The maximum Gasteiger partial charge on any atom is 0.294 e. The van der Waals surface area contributed by atoms with Crippen molar-refractivity contribution in [2.75, 3.05) is 19.7 Å². The first-order chi connectivity index (χ1) is 20.2. The number of benzene rings is 3. The van der Waals surface area contributed by atoms with Crippen LogP contribution in [0.25, 0.3) is 6.08 Å². The molecule has 5 rings (SSSR count). The predicted octanol–water partition coefficient (Wildman–Crippen LogP) is 5.96. The number of nitro benzene ring substituents is 1. The Hall–Kier alpha value is -4.16. The van der Waals surface area contributed by atoms with Crippen LogP contribution in [-0.2, 0) is 29.2 Å². The first-order valence-electron chi connectivity index (χ1n) is 13.2. The van der Waals surface area contributed by atoms with Crippen molar-refractivity contribution in [2.24, 2.45) is 0 Å². The maximum atomic E-state index is 13.2. The Morgan fingerprint density at radius 2 is 1.83 bits per heavy atom. The van der Waals surface area contributed by atoms with Crippen molar-refractivity contribution < 1.29 is 28.8 Å². The highest BCUT2D eigenvalue weighted by atomic mass is 79.9. The number of ether oxygens (including phenoxy) is 2. The second kappa shape index (κ2) is 12.8. The van der Waals surface area contributed by atoms with Crippen molar-refractivity contribution in [3.05, 3.63) is 102 Å². The van der Waals surface area contributed by atoms with E-state index >= 15 is 0 Å². The third kappa shape index (κ3) is 6.50. The largest absolute Gasteiger partial charge is 0.490 e. The number of thioether (sulfide) groups is 1. The number of amides is 3. The van der Waals surface area contributed by atoms with Gasteiger partial charge in [-0.2, -0.15) is 0 Å². The summed E-state index contributed by atoms with van der Waals surface area (Å²) in [6.45, 7) is 2.89. The van der Waals surface area contributed by atoms with Gasteiger partial charge in [0.15, 0.2) is 11.5 Å². The van der Waals surface area contributed by atoms with Gasteiger partial charge in [0.25, 0.3) is 16.8 Å². The van der Waals surface area contributed by atoms with Crippen LogP contribution in [0.15, 0.2) is 70.0 Å². The fourth-order valence-electron chi connectivity index (χ4n) is 4.68. The minimum atomic E-state index is -0.536. The molecule has 0 spiro atoms. The summed E-state index contributed by atoms with van der Waals surface area (Å²) in [7, 11) is 0. The molecule has 2 aliphatic heterocycles. The Labute approximate surface area is 254 Å². The van der Waals surface area contributed by atoms with E-state index in [-0.39, 0.29) is 29.7 Å². The van der Waals surface area contributed by atoms with E-state index in [1.807, 2.05) is 31.2 Å². The summed E-state index contributed by atoms with van der Waals surface area (Å²) in [6, 6.07) is 17.4. The fourth-order valence-corrected chi connectivity index (χ4v) is 5.95. The molecule has 0 saturated carbocycles. The third-order valence-corrected chi connectivity index (χ3v) is 8.41. The van der Waals surface area contributed by atoms with Gasteiger partial charge < -0.3 is 14.4 Å². The van der Waals surface area contributed by atoms with Crippen LogP contribution in [0.5, 0.6) is 11.5 Å². The van der Waals surface area contributed by atoms with Crippen molar-refractivity contribution in [3.63, 3.8) is 0 Å². The van der Waals surface area contributed by atoms with Gasteiger partial charge in [-0.1, -0.05) is 52.3 Å². The number of carbonyl (C=O) groups excluding carboxylic acids is 3. The summed E-state index contributed by atoms with van der Waals surface area (Å²) in [5.41, 5.74) is 3.43. The van der Waals surface area contributed by atoms with Crippen LogP contribution < -0.4 is 9.47 Å². The average Bonchev–Trinajstić information content (AvgIpc) is 3.25. The van der Waals surface area contributed by atoms with Crippen molar-refractivity contribution in [1.29, 1.82) is 0 Å². The molecular formula is C30H26BrN3O7S. The van der Waals surface area contributed by atoms with Crippen molar-refractivity contribution in [2.45, 2.75) is 26.5 Å². The first-order valence-corrected chi connectivity index (χ1v) is 14.8. The summed E-state index contributed by atoms with van der Waals surface area (Å²) in [5.74, 6) is -0.0175. The lowest BCUT2D eigenvalue weighted by Crippen LogP contribution is -2.44. The minimum absolute atomic E-state index is 0.0328. The van der Waals surface area contributed by atoms with E-state index < -0.39 is 16.1 Å². The van der Waals surface area contributed by atoms with E-state index in [2.05, 4.69) is 15.9 Å². The van der Waals surface area contributed by atoms with Crippen LogP contribution in [0.4, 0.5) is 10.5 Å². The lowest BCUT2D eigenvalue weighted by atomic mass is 10.00. The van der Waals surface area contributed by atoms with E-state index in [0.717, 1.165) is 28.6 Å². The molecule has 2 heterocycles. The topological polar surface area (TPSA) is 119 Å². The van der Waals surface area contributed by atoms with E-state index in [1.165, 1.54) is 17.7 Å². The second-order valence-corrected chi connectivity index (χ2v) is 11.4. The molecule has 0 aromatic heterocycles. The first kappa shape index (κ1) is 29.3. The van der Waals surface area contributed by atoms with E-state index in [4.69, 9.17) is 9.47 Å². The van der Waals surface area contributed by atoms with Gasteiger partial charge in [0.1, 0.15) is 13.2 Å². The van der Waals surface area contributed by atoms with Crippen LogP contribution in [0.3, 0.4) is 0 Å². The van der Waals surface area contributed by atoms with E-state index in [9.17, 15) is 24.5 Å². The quantitative estimate of drug-likeness (QED) is 0.158. The molecule has 2 aliphatic rings. The van der Waals surface area contributed by atoms with Gasteiger partial charge in [-0.05, 0) is 65.6 Å². The number of carbonyl (C=O) groups is 3. The van der Waals surface area contributed by atoms with Crippen LogP contribution in [0, 0.1) is 10.1 Å². The average molecular weight is 653 g/mol. The number of non-ortho nitro benzene ring substituents is 1. The lowest BCUT2D eigenvalue weighted by Gasteiger charge is -2.29. The molecule has 0 bridgehead atoms. The predicted molar refractivity (Wildman–Crippen MR) is 161 cm³/mol. The Morgan fingerprint density at radius 3 is 2.60 bits per heavy atom. The van der Waals surface area contributed by atoms with Crippen LogP contribution in [0.1, 0.15) is 29.2 Å². The molecule has 1 saturated heterocycles. The zero-order valence-corrected chi connectivity index (χ0v) is 25.0. The van der Waals surface area contributed by atoms with Crippen LogP contribution >= 0.6 is 27.7 Å². The number of hydrogen-bond donors (Lipinski definition) is 0. The number of fused-ring (bicyclic) bond motifs is 1. The highest BCUT2D eigenvalue weighted by Gasteiger charge is 2.37. The van der Waals surface area contributed by atoms with Gasteiger partial charge in [-0.25, -0.2) is 0 Å². The van der Waals surface area contributed by atoms with Gasteiger partial charge in [0, 0.05) is 29.7 Å². The van der Waals surface area contributed by atoms with Gasteiger partial charge in [0.05, 0.1) is 16.4 Å². The molecule has 0 atom stereocenters. The zero-order valence-electron chi connectivity index (χ0n) is 22.6. The molecule has 12 heteroatoms. The molecule has 1 fully saturated rings. The van der Waals surface area contributed by atoms with E-state index in [0.29, 0.717) is 46.8 Å².